The number of rotatable bonds is 5. The summed E-state index contributed by atoms with van der Waals surface area (Å²) in [5.74, 6) is -1.71. The quantitative estimate of drug-likeness (QED) is 0.491. The highest BCUT2D eigenvalue weighted by molar-refractivity contribution is 5.89. The molecular weight excluding hydrogens is 276 g/mol. The molecule has 1 rings (SSSR count). The molecule has 21 heavy (non-hydrogen) atoms. The number of amides is 3. The van der Waals surface area contributed by atoms with Crippen LogP contribution < -0.4 is 16.5 Å². The minimum atomic E-state index is -1.16. The van der Waals surface area contributed by atoms with E-state index in [4.69, 9.17) is 5.73 Å². The van der Waals surface area contributed by atoms with Gasteiger partial charge in [-0.05, 0) is 25.7 Å². The van der Waals surface area contributed by atoms with Crippen LogP contribution in [-0.4, -0.2) is 52.6 Å². The molecule has 0 radical (unpaired) electrons. The molecule has 0 aromatic heterocycles. The topological polar surface area (TPSA) is 125 Å². The lowest BCUT2D eigenvalue weighted by Gasteiger charge is -2.34. The van der Waals surface area contributed by atoms with E-state index in [-0.39, 0.29) is 11.8 Å². The molecule has 5 N–H and O–H groups in total. The highest BCUT2D eigenvalue weighted by atomic mass is 16.3. The summed E-state index contributed by atoms with van der Waals surface area (Å²) in [7, 11) is 0. The molecule has 0 bridgehead atoms. The van der Waals surface area contributed by atoms with Crippen LogP contribution in [0.1, 0.15) is 33.6 Å². The highest BCUT2D eigenvalue weighted by Gasteiger charge is 2.30. The van der Waals surface area contributed by atoms with Crippen LogP contribution in [0.2, 0.25) is 0 Å². The molecule has 8 nitrogen and oxygen atoms in total. The van der Waals surface area contributed by atoms with Crippen LogP contribution in [0.4, 0.5) is 0 Å². The van der Waals surface area contributed by atoms with Crippen molar-refractivity contribution in [2.24, 2.45) is 11.7 Å². The highest BCUT2D eigenvalue weighted by Crippen LogP contribution is 2.09. The summed E-state index contributed by atoms with van der Waals surface area (Å²) in [4.78, 5) is 35.1. The van der Waals surface area contributed by atoms with Gasteiger partial charge >= 0.3 is 0 Å². The van der Waals surface area contributed by atoms with Crippen molar-refractivity contribution >= 4 is 17.7 Å². The molecule has 8 heteroatoms. The number of nitrogens with zero attached hydrogens (tertiary/aromatic N) is 1. The molecule has 0 aromatic rings. The maximum Gasteiger partial charge on any atom is 0.258 e. The Bertz CT molecular complexity index is 413. The van der Waals surface area contributed by atoms with E-state index >= 15 is 0 Å². The third kappa shape index (κ3) is 4.68. The molecule has 3 atom stereocenters. The van der Waals surface area contributed by atoms with Gasteiger partial charge in [0.25, 0.3) is 5.91 Å². The predicted octanol–water partition coefficient (Wildman–Crippen LogP) is -1.51. The van der Waals surface area contributed by atoms with Crippen LogP contribution >= 0.6 is 0 Å². The molecule has 1 heterocycles. The zero-order valence-electron chi connectivity index (χ0n) is 12.6. The van der Waals surface area contributed by atoms with E-state index in [1.807, 2.05) is 0 Å². The van der Waals surface area contributed by atoms with Crippen LogP contribution in [0.15, 0.2) is 0 Å². The van der Waals surface area contributed by atoms with Crippen molar-refractivity contribution in [3.05, 3.63) is 0 Å². The predicted molar refractivity (Wildman–Crippen MR) is 75.5 cm³/mol. The van der Waals surface area contributed by atoms with Gasteiger partial charge in [-0.1, -0.05) is 13.8 Å². The van der Waals surface area contributed by atoms with E-state index in [1.54, 1.807) is 13.8 Å². The number of primary amides is 1. The van der Waals surface area contributed by atoms with Crippen LogP contribution in [0.5, 0.6) is 0 Å². The number of aliphatic hydroxyl groups is 1. The second kappa shape index (κ2) is 7.37. The number of hydrogen-bond donors (Lipinski definition) is 4. The molecule has 3 amide bonds. The number of carbonyl (C=O) groups is 3. The van der Waals surface area contributed by atoms with Crippen molar-refractivity contribution in [2.45, 2.75) is 51.8 Å². The first-order valence-electron chi connectivity index (χ1n) is 7.09. The maximum absolute atomic E-state index is 12.2. The summed E-state index contributed by atoms with van der Waals surface area (Å²) < 4.78 is 0. The number of carbonyl (C=O) groups excluding carboxylic acids is 3. The van der Waals surface area contributed by atoms with Gasteiger partial charge in [0.05, 0.1) is 0 Å². The summed E-state index contributed by atoms with van der Waals surface area (Å²) in [6.45, 7) is 5.39. The molecule has 0 aromatic carbocycles. The van der Waals surface area contributed by atoms with Crippen molar-refractivity contribution in [2.75, 3.05) is 6.54 Å². The van der Waals surface area contributed by atoms with Crippen molar-refractivity contribution in [3.63, 3.8) is 0 Å². The van der Waals surface area contributed by atoms with E-state index in [0.717, 1.165) is 0 Å². The first-order valence-corrected chi connectivity index (χ1v) is 7.09. The van der Waals surface area contributed by atoms with Crippen molar-refractivity contribution in [1.82, 2.24) is 15.8 Å². The lowest BCUT2D eigenvalue weighted by molar-refractivity contribution is -0.144. The summed E-state index contributed by atoms with van der Waals surface area (Å²) in [5.41, 5.74) is 7.97. The molecule has 0 aliphatic carbocycles. The van der Waals surface area contributed by atoms with E-state index in [9.17, 15) is 19.5 Å². The Hall–Kier alpha value is -1.67. The van der Waals surface area contributed by atoms with Crippen molar-refractivity contribution in [3.8, 4) is 0 Å². The Morgan fingerprint density at radius 1 is 1.33 bits per heavy atom. The third-order valence-corrected chi connectivity index (χ3v) is 3.42. The second-order valence-electron chi connectivity index (χ2n) is 5.64. The minimum Gasteiger partial charge on any atom is -0.383 e. The molecule has 1 aliphatic heterocycles. The van der Waals surface area contributed by atoms with E-state index in [0.29, 0.717) is 19.4 Å². The summed E-state index contributed by atoms with van der Waals surface area (Å²) >= 11 is 0. The summed E-state index contributed by atoms with van der Waals surface area (Å²) in [5, 5.41) is 13.4. The summed E-state index contributed by atoms with van der Waals surface area (Å²) in [6.07, 6.45) is 0.0704. The first kappa shape index (κ1) is 17.4. The molecule has 1 saturated heterocycles. The third-order valence-electron chi connectivity index (χ3n) is 3.42. The second-order valence-corrected chi connectivity index (χ2v) is 5.64. The van der Waals surface area contributed by atoms with Gasteiger partial charge in [0, 0.05) is 6.54 Å². The van der Waals surface area contributed by atoms with E-state index < -0.39 is 30.0 Å². The molecular formula is C13H24N4O4. The fraction of sp³-hybridized carbons (Fsp3) is 0.769. The Morgan fingerprint density at radius 3 is 2.48 bits per heavy atom. The standard InChI is InChI=1S/C13H24N4O4/c1-7(2)10(18)12(20)15-8(3)13(21)17-6-4-5-9(16-17)11(14)19/h7-10,16,18H,4-6H2,1-3H3,(H2,14,19)(H,15,20). The number of aliphatic hydroxyl groups excluding tert-OH is 1. The lowest BCUT2D eigenvalue weighted by atomic mass is 10.1. The van der Waals surface area contributed by atoms with Gasteiger partial charge in [0.15, 0.2) is 0 Å². The number of nitrogens with two attached hydrogens (primary N) is 1. The van der Waals surface area contributed by atoms with Crippen LogP contribution in [0, 0.1) is 5.92 Å². The van der Waals surface area contributed by atoms with Crippen molar-refractivity contribution in [1.29, 1.82) is 0 Å². The van der Waals surface area contributed by atoms with Gasteiger partial charge in [-0.15, -0.1) is 0 Å². The Balaban J connectivity index is 2.57. The van der Waals surface area contributed by atoms with Gasteiger partial charge < -0.3 is 16.2 Å². The lowest BCUT2D eigenvalue weighted by Crippen LogP contribution is -2.60. The normalized spacial score (nSPS) is 21.8. The molecule has 3 unspecified atom stereocenters. The van der Waals surface area contributed by atoms with E-state index in [2.05, 4.69) is 10.7 Å². The number of hydrazine groups is 1. The smallest absolute Gasteiger partial charge is 0.258 e. The Morgan fingerprint density at radius 2 is 1.95 bits per heavy atom. The van der Waals surface area contributed by atoms with Crippen LogP contribution in [0.25, 0.3) is 0 Å². The molecule has 0 saturated carbocycles. The molecule has 1 fully saturated rings. The zero-order chi connectivity index (χ0) is 16.2. The Kier molecular flexibility index (Phi) is 6.10. The SMILES string of the molecule is CC(NC(=O)C(O)C(C)C)C(=O)N1CCCC(C(N)=O)N1. The van der Waals surface area contributed by atoms with Gasteiger partial charge in [-0.2, -0.15) is 0 Å². The molecule has 120 valence electrons. The fourth-order valence-corrected chi connectivity index (χ4v) is 2.05. The number of hydrogen-bond acceptors (Lipinski definition) is 5. The number of nitrogens with one attached hydrogen (secondary N) is 2. The van der Waals surface area contributed by atoms with Gasteiger partial charge in [0.2, 0.25) is 11.8 Å². The van der Waals surface area contributed by atoms with Crippen LogP contribution in [-0.2, 0) is 14.4 Å². The fourth-order valence-electron chi connectivity index (χ4n) is 2.05. The average molecular weight is 300 g/mol. The monoisotopic (exact) mass is 300 g/mol. The van der Waals surface area contributed by atoms with Gasteiger partial charge in [-0.3, -0.25) is 19.4 Å². The largest absolute Gasteiger partial charge is 0.383 e. The zero-order valence-corrected chi connectivity index (χ0v) is 12.6. The maximum atomic E-state index is 12.2. The summed E-state index contributed by atoms with van der Waals surface area (Å²) in [6, 6.07) is -1.38. The molecule has 0 spiro atoms. The van der Waals surface area contributed by atoms with Crippen LogP contribution in [0.3, 0.4) is 0 Å². The Labute approximate surface area is 124 Å². The molecule has 1 aliphatic rings. The van der Waals surface area contributed by atoms with Crippen molar-refractivity contribution < 1.29 is 19.5 Å². The van der Waals surface area contributed by atoms with Gasteiger partial charge in [0.1, 0.15) is 18.2 Å². The van der Waals surface area contributed by atoms with E-state index in [1.165, 1.54) is 11.9 Å². The average Bonchev–Trinajstić information content (AvgIpc) is 2.45. The first-order chi connectivity index (χ1) is 9.73. The minimum absolute atomic E-state index is 0.236. The van der Waals surface area contributed by atoms with Gasteiger partial charge in [-0.25, -0.2) is 5.43 Å².